The number of carbonyl (C=O) groups is 1. The molecule has 0 aromatic heterocycles. The first-order valence-corrected chi connectivity index (χ1v) is 8.23. The Morgan fingerprint density at radius 2 is 1.83 bits per heavy atom. The van der Waals surface area contributed by atoms with Gasteiger partial charge in [-0.2, -0.15) is 0 Å². The van der Waals surface area contributed by atoms with Crippen LogP contribution >= 0.6 is 23.2 Å². The van der Waals surface area contributed by atoms with Gasteiger partial charge in [0.25, 0.3) is 0 Å². The minimum absolute atomic E-state index is 0.0542. The lowest BCUT2D eigenvalue weighted by atomic mass is 9.85. The summed E-state index contributed by atoms with van der Waals surface area (Å²) in [6.45, 7) is 0.738. The van der Waals surface area contributed by atoms with Gasteiger partial charge >= 0.3 is 0 Å². The molecule has 1 amide bonds. The Morgan fingerprint density at radius 1 is 1.09 bits per heavy atom. The van der Waals surface area contributed by atoms with Gasteiger partial charge < -0.3 is 10.0 Å². The molecule has 1 atom stereocenters. The van der Waals surface area contributed by atoms with Crippen molar-refractivity contribution in [3.05, 3.63) is 69.7 Å². The third kappa shape index (κ3) is 3.52. The number of halogens is 2. The van der Waals surface area contributed by atoms with Crippen molar-refractivity contribution in [2.24, 2.45) is 0 Å². The highest BCUT2D eigenvalue weighted by atomic mass is 35.5. The molecule has 1 fully saturated rings. The summed E-state index contributed by atoms with van der Waals surface area (Å²) in [7, 11) is 0. The predicted octanol–water partition coefficient (Wildman–Crippen LogP) is 4.00. The molecule has 0 radical (unpaired) electrons. The van der Waals surface area contributed by atoms with Crippen molar-refractivity contribution < 1.29 is 9.90 Å². The number of carbonyl (C=O) groups excluding carboxylic acids is 1. The molecule has 2 aromatic rings. The van der Waals surface area contributed by atoms with Gasteiger partial charge in [-0.1, -0.05) is 59.6 Å². The fourth-order valence-electron chi connectivity index (χ4n) is 2.92. The SMILES string of the molecule is O=C1CCC(O)(c2ccc(Cl)c(Cl)c2)CN1Cc1ccccc1. The van der Waals surface area contributed by atoms with Gasteiger partial charge in [-0.3, -0.25) is 4.79 Å². The van der Waals surface area contributed by atoms with Gasteiger partial charge in [0.2, 0.25) is 5.91 Å². The van der Waals surface area contributed by atoms with Crippen molar-refractivity contribution in [3.63, 3.8) is 0 Å². The third-order valence-corrected chi connectivity index (χ3v) is 4.97. The van der Waals surface area contributed by atoms with E-state index in [1.807, 2.05) is 30.3 Å². The number of β-amino-alcohol motifs (C(OH)–C–C–N with tert-alkyl or cyclic N) is 1. The average molecular weight is 350 g/mol. The standard InChI is InChI=1S/C18H17Cl2NO2/c19-15-7-6-14(10-16(15)20)18(23)9-8-17(22)21(12-18)11-13-4-2-1-3-5-13/h1-7,10,23H,8-9,11-12H2. The Hall–Kier alpha value is -1.55. The van der Waals surface area contributed by atoms with Crippen LogP contribution in [0.25, 0.3) is 0 Å². The van der Waals surface area contributed by atoms with Gasteiger partial charge in [0.15, 0.2) is 0 Å². The highest BCUT2D eigenvalue weighted by molar-refractivity contribution is 6.42. The largest absolute Gasteiger partial charge is 0.383 e. The van der Waals surface area contributed by atoms with E-state index in [9.17, 15) is 9.90 Å². The predicted molar refractivity (Wildman–Crippen MR) is 91.5 cm³/mol. The van der Waals surface area contributed by atoms with Crippen LogP contribution < -0.4 is 0 Å². The summed E-state index contributed by atoms with van der Waals surface area (Å²) >= 11 is 12.0. The summed E-state index contributed by atoms with van der Waals surface area (Å²) in [4.78, 5) is 13.9. The molecule has 23 heavy (non-hydrogen) atoms. The molecule has 1 aliphatic heterocycles. The summed E-state index contributed by atoms with van der Waals surface area (Å²) < 4.78 is 0. The first kappa shape index (κ1) is 16.3. The second-order valence-electron chi connectivity index (χ2n) is 5.90. The van der Waals surface area contributed by atoms with Crippen LogP contribution in [0.4, 0.5) is 0 Å². The molecule has 0 aliphatic carbocycles. The van der Waals surface area contributed by atoms with Gasteiger partial charge in [0.05, 0.1) is 16.6 Å². The number of benzene rings is 2. The number of piperidine rings is 1. The first-order valence-electron chi connectivity index (χ1n) is 7.47. The molecule has 0 bridgehead atoms. The van der Waals surface area contributed by atoms with E-state index >= 15 is 0 Å². The van der Waals surface area contributed by atoms with E-state index in [0.29, 0.717) is 35.0 Å². The maximum absolute atomic E-state index is 12.2. The summed E-state index contributed by atoms with van der Waals surface area (Å²) in [5.74, 6) is 0.0542. The van der Waals surface area contributed by atoms with Crippen molar-refractivity contribution >= 4 is 29.1 Å². The minimum Gasteiger partial charge on any atom is -0.383 e. The van der Waals surface area contributed by atoms with Gasteiger partial charge in [0.1, 0.15) is 5.60 Å². The van der Waals surface area contributed by atoms with Crippen LogP contribution in [-0.4, -0.2) is 22.5 Å². The second-order valence-corrected chi connectivity index (χ2v) is 6.71. The monoisotopic (exact) mass is 349 g/mol. The Bertz CT molecular complexity index is 720. The smallest absolute Gasteiger partial charge is 0.223 e. The van der Waals surface area contributed by atoms with E-state index in [2.05, 4.69) is 0 Å². The lowest BCUT2D eigenvalue weighted by molar-refractivity contribution is -0.144. The molecular weight excluding hydrogens is 333 g/mol. The van der Waals surface area contributed by atoms with Crippen LogP contribution in [-0.2, 0) is 16.9 Å². The molecule has 1 heterocycles. The zero-order valence-corrected chi connectivity index (χ0v) is 14.0. The normalized spacial score (nSPS) is 21.5. The van der Waals surface area contributed by atoms with Crippen LogP contribution in [0.2, 0.25) is 10.0 Å². The molecule has 0 spiro atoms. The molecular formula is C18H17Cl2NO2. The molecule has 1 aliphatic rings. The van der Waals surface area contributed by atoms with Crippen LogP contribution in [0.3, 0.4) is 0 Å². The fraction of sp³-hybridized carbons (Fsp3) is 0.278. The number of rotatable bonds is 3. The highest BCUT2D eigenvalue weighted by Gasteiger charge is 2.38. The molecule has 120 valence electrons. The molecule has 1 saturated heterocycles. The van der Waals surface area contributed by atoms with Crippen molar-refractivity contribution in [2.45, 2.75) is 25.0 Å². The van der Waals surface area contributed by atoms with Crippen LogP contribution in [0.1, 0.15) is 24.0 Å². The summed E-state index contributed by atoms with van der Waals surface area (Å²) in [6.07, 6.45) is 0.693. The Morgan fingerprint density at radius 3 is 2.52 bits per heavy atom. The van der Waals surface area contributed by atoms with Crippen molar-refractivity contribution in [3.8, 4) is 0 Å². The topological polar surface area (TPSA) is 40.5 Å². The van der Waals surface area contributed by atoms with Crippen LogP contribution in [0.15, 0.2) is 48.5 Å². The van der Waals surface area contributed by atoms with Gasteiger partial charge in [-0.25, -0.2) is 0 Å². The Kier molecular flexibility index (Phi) is 4.62. The number of hydrogen-bond donors (Lipinski definition) is 1. The molecule has 3 nitrogen and oxygen atoms in total. The Labute approximate surface area is 145 Å². The van der Waals surface area contributed by atoms with E-state index in [1.54, 1.807) is 23.1 Å². The highest BCUT2D eigenvalue weighted by Crippen LogP contribution is 2.35. The average Bonchev–Trinajstić information content (AvgIpc) is 2.55. The van der Waals surface area contributed by atoms with E-state index in [4.69, 9.17) is 23.2 Å². The molecule has 1 N–H and O–H groups in total. The first-order chi connectivity index (χ1) is 11.0. The number of hydrogen-bond acceptors (Lipinski definition) is 2. The van der Waals surface area contributed by atoms with Crippen LogP contribution in [0.5, 0.6) is 0 Å². The van der Waals surface area contributed by atoms with Gasteiger partial charge in [0, 0.05) is 13.0 Å². The third-order valence-electron chi connectivity index (χ3n) is 4.23. The maximum Gasteiger partial charge on any atom is 0.223 e. The zero-order chi connectivity index (χ0) is 16.4. The lowest BCUT2D eigenvalue weighted by Crippen LogP contribution is -2.48. The molecule has 3 rings (SSSR count). The fourth-order valence-corrected chi connectivity index (χ4v) is 3.22. The minimum atomic E-state index is -1.10. The van der Waals surface area contributed by atoms with Crippen molar-refractivity contribution in [1.29, 1.82) is 0 Å². The summed E-state index contributed by atoms with van der Waals surface area (Å²) in [5.41, 5.74) is 0.633. The molecule has 5 heteroatoms. The number of aliphatic hydroxyl groups is 1. The maximum atomic E-state index is 12.2. The van der Waals surface area contributed by atoms with Crippen molar-refractivity contribution in [1.82, 2.24) is 4.90 Å². The quantitative estimate of drug-likeness (QED) is 0.909. The number of likely N-dealkylation sites (tertiary alicyclic amines) is 1. The van der Waals surface area contributed by atoms with E-state index in [1.165, 1.54) is 0 Å². The molecule has 2 aromatic carbocycles. The van der Waals surface area contributed by atoms with Gasteiger partial charge in [-0.05, 0) is 29.7 Å². The lowest BCUT2D eigenvalue weighted by Gasteiger charge is -2.39. The van der Waals surface area contributed by atoms with E-state index < -0.39 is 5.60 Å². The molecule has 1 unspecified atom stereocenters. The second kappa shape index (κ2) is 6.52. The molecule has 0 saturated carbocycles. The summed E-state index contributed by atoms with van der Waals surface area (Å²) in [6, 6.07) is 14.9. The van der Waals surface area contributed by atoms with Crippen LogP contribution in [0, 0.1) is 0 Å². The Balaban J connectivity index is 1.83. The van der Waals surface area contributed by atoms with Crippen molar-refractivity contribution in [2.75, 3.05) is 6.54 Å². The van der Waals surface area contributed by atoms with E-state index in [0.717, 1.165) is 5.56 Å². The van der Waals surface area contributed by atoms with E-state index in [-0.39, 0.29) is 12.5 Å². The van der Waals surface area contributed by atoms with Gasteiger partial charge in [-0.15, -0.1) is 0 Å². The number of nitrogens with zero attached hydrogens (tertiary/aromatic N) is 1. The number of amides is 1. The zero-order valence-electron chi connectivity index (χ0n) is 12.5. The summed E-state index contributed by atoms with van der Waals surface area (Å²) in [5, 5.41) is 11.9.